The molecule has 3 aromatic rings. The third kappa shape index (κ3) is 4.80. The summed E-state index contributed by atoms with van der Waals surface area (Å²) in [5, 5.41) is 8.82. The van der Waals surface area contributed by atoms with Gasteiger partial charge in [-0.3, -0.25) is 0 Å². The zero-order chi connectivity index (χ0) is 17.5. The van der Waals surface area contributed by atoms with Crippen LogP contribution >= 0.6 is 0 Å². The van der Waals surface area contributed by atoms with E-state index in [1.165, 1.54) is 16.7 Å². The first kappa shape index (κ1) is 16.5. The van der Waals surface area contributed by atoms with Crippen LogP contribution in [0.25, 0.3) is 24.3 Å². The van der Waals surface area contributed by atoms with Crippen molar-refractivity contribution in [3.63, 3.8) is 0 Å². The maximum Gasteiger partial charge on any atom is 0.0991 e. The van der Waals surface area contributed by atoms with Crippen LogP contribution < -0.4 is 0 Å². The van der Waals surface area contributed by atoms with Crippen LogP contribution in [-0.4, -0.2) is 0 Å². The molecule has 3 aromatic carbocycles. The molecule has 3 rings (SSSR count). The minimum absolute atomic E-state index is 0.682. The summed E-state index contributed by atoms with van der Waals surface area (Å²) >= 11 is 0. The van der Waals surface area contributed by atoms with Crippen LogP contribution in [-0.2, 0) is 0 Å². The Morgan fingerprint density at radius 1 is 0.560 bits per heavy atom. The molecule has 0 atom stereocenters. The Morgan fingerprint density at radius 3 is 1.24 bits per heavy atom. The van der Waals surface area contributed by atoms with Gasteiger partial charge in [-0.25, -0.2) is 0 Å². The summed E-state index contributed by atoms with van der Waals surface area (Å²) in [7, 11) is 0. The molecule has 0 saturated heterocycles. The number of hydrogen-bond acceptors (Lipinski definition) is 1. The van der Waals surface area contributed by atoms with Crippen molar-refractivity contribution in [2.45, 2.75) is 6.92 Å². The van der Waals surface area contributed by atoms with Crippen molar-refractivity contribution in [1.29, 1.82) is 5.26 Å². The fraction of sp³-hybridized carbons (Fsp3) is 0.0417. The predicted octanol–water partition coefficient (Wildman–Crippen LogP) is 6.21. The minimum Gasteiger partial charge on any atom is -0.192 e. The topological polar surface area (TPSA) is 23.8 Å². The Labute approximate surface area is 149 Å². The summed E-state index contributed by atoms with van der Waals surface area (Å²) in [5.74, 6) is 0. The second kappa shape index (κ2) is 7.95. The summed E-state index contributed by atoms with van der Waals surface area (Å²) in [4.78, 5) is 0. The second-order valence-corrected chi connectivity index (χ2v) is 5.98. The molecule has 0 N–H and O–H groups in total. The van der Waals surface area contributed by atoms with Gasteiger partial charge in [-0.2, -0.15) is 5.26 Å². The molecule has 0 aliphatic carbocycles. The first-order valence-electron chi connectivity index (χ1n) is 8.26. The molecule has 120 valence electrons. The van der Waals surface area contributed by atoms with Crippen molar-refractivity contribution >= 4 is 24.3 Å². The van der Waals surface area contributed by atoms with Gasteiger partial charge in [0, 0.05) is 0 Å². The van der Waals surface area contributed by atoms with E-state index in [0.29, 0.717) is 5.56 Å². The van der Waals surface area contributed by atoms with Gasteiger partial charge in [0.15, 0.2) is 0 Å². The van der Waals surface area contributed by atoms with Crippen molar-refractivity contribution in [3.8, 4) is 6.07 Å². The zero-order valence-electron chi connectivity index (χ0n) is 14.2. The lowest BCUT2D eigenvalue weighted by atomic mass is 10.1. The second-order valence-electron chi connectivity index (χ2n) is 5.98. The standard InChI is InChI=1S/C24H19N/c1-19-2-4-20(5-3-19)6-7-21-8-10-22(11-9-21)12-13-23-14-16-24(18-25)17-15-23/h2-17H,1H3/b7-6+,13-12+. The van der Waals surface area contributed by atoms with Crippen molar-refractivity contribution in [2.75, 3.05) is 0 Å². The van der Waals surface area contributed by atoms with Crippen LogP contribution in [0.2, 0.25) is 0 Å². The quantitative estimate of drug-likeness (QED) is 0.524. The Morgan fingerprint density at radius 2 is 0.880 bits per heavy atom. The molecule has 0 heterocycles. The Kier molecular flexibility index (Phi) is 5.24. The molecule has 0 saturated carbocycles. The molecule has 0 unspecified atom stereocenters. The lowest BCUT2D eigenvalue weighted by Gasteiger charge is -1.98. The lowest BCUT2D eigenvalue weighted by molar-refractivity contribution is 1.46. The monoisotopic (exact) mass is 321 g/mol. The molecule has 0 fully saturated rings. The highest BCUT2D eigenvalue weighted by atomic mass is 14.2. The Balaban J connectivity index is 1.66. The average Bonchev–Trinajstić information content (AvgIpc) is 2.67. The lowest BCUT2D eigenvalue weighted by Crippen LogP contribution is -1.77. The molecule has 0 aliphatic rings. The maximum atomic E-state index is 8.82. The molecular weight excluding hydrogens is 302 g/mol. The summed E-state index contributed by atoms with van der Waals surface area (Å²) in [6, 6.07) is 26.6. The van der Waals surface area contributed by atoms with Crippen LogP contribution in [0.3, 0.4) is 0 Å². The van der Waals surface area contributed by atoms with E-state index in [9.17, 15) is 0 Å². The van der Waals surface area contributed by atoms with Crippen LogP contribution in [0.15, 0.2) is 72.8 Å². The van der Waals surface area contributed by atoms with E-state index in [-0.39, 0.29) is 0 Å². The molecule has 0 amide bonds. The molecule has 0 spiro atoms. The molecule has 1 nitrogen and oxygen atoms in total. The fourth-order valence-corrected chi connectivity index (χ4v) is 2.45. The summed E-state index contributed by atoms with van der Waals surface area (Å²) in [6.45, 7) is 2.09. The van der Waals surface area contributed by atoms with Gasteiger partial charge >= 0.3 is 0 Å². The molecule has 0 radical (unpaired) electrons. The van der Waals surface area contributed by atoms with E-state index < -0.39 is 0 Å². The van der Waals surface area contributed by atoms with Crippen molar-refractivity contribution in [2.24, 2.45) is 0 Å². The number of benzene rings is 3. The molecule has 1 heteroatoms. The van der Waals surface area contributed by atoms with E-state index in [4.69, 9.17) is 5.26 Å². The van der Waals surface area contributed by atoms with E-state index in [1.54, 1.807) is 0 Å². The first-order chi connectivity index (χ1) is 12.2. The molecule has 0 bridgehead atoms. The van der Waals surface area contributed by atoms with Crippen molar-refractivity contribution in [3.05, 3.63) is 106 Å². The number of hydrogen-bond donors (Lipinski definition) is 0. The molecule has 0 aromatic heterocycles. The average molecular weight is 321 g/mol. The highest BCUT2D eigenvalue weighted by Crippen LogP contribution is 2.13. The third-order valence-corrected chi connectivity index (χ3v) is 3.99. The highest BCUT2D eigenvalue weighted by Gasteiger charge is 1.92. The number of aryl methyl sites for hydroxylation is 1. The van der Waals surface area contributed by atoms with Gasteiger partial charge in [-0.15, -0.1) is 0 Å². The number of nitriles is 1. The van der Waals surface area contributed by atoms with Crippen LogP contribution in [0.5, 0.6) is 0 Å². The van der Waals surface area contributed by atoms with Gasteiger partial charge in [0.25, 0.3) is 0 Å². The van der Waals surface area contributed by atoms with E-state index >= 15 is 0 Å². The van der Waals surface area contributed by atoms with Crippen molar-refractivity contribution in [1.82, 2.24) is 0 Å². The number of nitrogens with zero attached hydrogens (tertiary/aromatic N) is 1. The van der Waals surface area contributed by atoms with Gasteiger partial charge < -0.3 is 0 Å². The van der Waals surface area contributed by atoms with E-state index in [2.05, 4.69) is 85.8 Å². The van der Waals surface area contributed by atoms with E-state index in [0.717, 1.165) is 11.1 Å². The van der Waals surface area contributed by atoms with E-state index in [1.807, 2.05) is 24.3 Å². The molecule has 25 heavy (non-hydrogen) atoms. The largest absolute Gasteiger partial charge is 0.192 e. The summed E-state index contributed by atoms with van der Waals surface area (Å²) < 4.78 is 0. The maximum absolute atomic E-state index is 8.82. The number of rotatable bonds is 4. The molecule has 0 aliphatic heterocycles. The van der Waals surface area contributed by atoms with Crippen molar-refractivity contribution < 1.29 is 0 Å². The van der Waals surface area contributed by atoms with Gasteiger partial charge in [0.2, 0.25) is 0 Å². The van der Waals surface area contributed by atoms with Crippen LogP contribution in [0.1, 0.15) is 33.4 Å². The normalized spacial score (nSPS) is 11.0. The fourth-order valence-electron chi connectivity index (χ4n) is 2.45. The van der Waals surface area contributed by atoms with Gasteiger partial charge in [-0.05, 0) is 41.3 Å². The van der Waals surface area contributed by atoms with Crippen LogP contribution in [0.4, 0.5) is 0 Å². The smallest absolute Gasteiger partial charge is 0.0991 e. The zero-order valence-corrected chi connectivity index (χ0v) is 14.2. The Hall–Kier alpha value is -3.37. The predicted molar refractivity (Wildman–Crippen MR) is 107 cm³/mol. The van der Waals surface area contributed by atoms with Gasteiger partial charge in [-0.1, -0.05) is 90.5 Å². The first-order valence-corrected chi connectivity index (χ1v) is 8.26. The SMILES string of the molecule is Cc1ccc(/C=C/c2ccc(/C=C/c3ccc(C#N)cc3)cc2)cc1. The summed E-state index contributed by atoms with van der Waals surface area (Å²) in [6.07, 6.45) is 8.38. The minimum atomic E-state index is 0.682. The van der Waals surface area contributed by atoms with Gasteiger partial charge in [0.05, 0.1) is 11.6 Å². The summed E-state index contributed by atoms with van der Waals surface area (Å²) in [5.41, 5.74) is 6.57. The van der Waals surface area contributed by atoms with Crippen LogP contribution in [0, 0.1) is 18.3 Å². The third-order valence-electron chi connectivity index (χ3n) is 3.99. The highest BCUT2D eigenvalue weighted by molar-refractivity contribution is 5.73. The van der Waals surface area contributed by atoms with Gasteiger partial charge in [0.1, 0.15) is 0 Å². The Bertz CT molecular complexity index is 919. The molecular formula is C24H19N.